The number of rotatable bonds is 7. The van der Waals surface area contributed by atoms with Gasteiger partial charge in [0.1, 0.15) is 11.6 Å². The lowest BCUT2D eigenvalue weighted by Crippen LogP contribution is -2.49. The van der Waals surface area contributed by atoms with Gasteiger partial charge in [-0.25, -0.2) is 8.78 Å². The lowest BCUT2D eigenvalue weighted by molar-refractivity contribution is -0.131. The van der Waals surface area contributed by atoms with Crippen molar-refractivity contribution in [3.05, 3.63) is 65.7 Å². The third-order valence-electron chi connectivity index (χ3n) is 5.30. The SMILES string of the molecule is CN=C(NCCC(=O)N1CCN(c2ccc(F)cc2)CC1)NCCc1ccc(F)cc1.I. The average molecular weight is 557 g/mol. The topological polar surface area (TPSA) is 60.0 Å². The molecule has 2 N–H and O–H groups in total. The van der Waals surface area contributed by atoms with Gasteiger partial charge in [0.05, 0.1) is 0 Å². The highest BCUT2D eigenvalue weighted by Gasteiger charge is 2.21. The summed E-state index contributed by atoms with van der Waals surface area (Å²) in [6.45, 7) is 3.92. The summed E-state index contributed by atoms with van der Waals surface area (Å²) in [6.07, 6.45) is 1.13. The number of carbonyl (C=O) groups is 1. The molecule has 0 bridgehead atoms. The van der Waals surface area contributed by atoms with E-state index in [4.69, 9.17) is 0 Å². The first-order chi connectivity index (χ1) is 15.0. The van der Waals surface area contributed by atoms with Crippen molar-refractivity contribution >= 4 is 41.5 Å². The maximum atomic E-state index is 13.1. The molecule has 1 aliphatic rings. The minimum Gasteiger partial charge on any atom is -0.368 e. The lowest BCUT2D eigenvalue weighted by atomic mass is 10.1. The van der Waals surface area contributed by atoms with Crippen molar-refractivity contribution in [3.63, 3.8) is 0 Å². The second kappa shape index (κ2) is 13.2. The molecule has 1 fully saturated rings. The molecule has 0 spiro atoms. The van der Waals surface area contributed by atoms with Crippen LogP contribution in [-0.2, 0) is 11.2 Å². The summed E-state index contributed by atoms with van der Waals surface area (Å²) in [5.74, 6) is 0.254. The van der Waals surface area contributed by atoms with Gasteiger partial charge in [-0.3, -0.25) is 9.79 Å². The summed E-state index contributed by atoms with van der Waals surface area (Å²) in [5, 5.41) is 6.36. The first kappa shape index (κ1) is 25.8. The summed E-state index contributed by atoms with van der Waals surface area (Å²) in [4.78, 5) is 20.7. The van der Waals surface area contributed by atoms with Crippen molar-refractivity contribution in [1.82, 2.24) is 15.5 Å². The highest BCUT2D eigenvalue weighted by Crippen LogP contribution is 2.17. The Balaban J connectivity index is 0.00000363. The Kier molecular flexibility index (Phi) is 10.6. The van der Waals surface area contributed by atoms with Crippen molar-refractivity contribution in [2.75, 3.05) is 51.2 Å². The van der Waals surface area contributed by atoms with Crippen LogP contribution in [0.3, 0.4) is 0 Å². The van der Waals surface area contributed by atoms with Crippen LogP contribution in [0.5, 0.6) is 0 Å². The number of nitrogens with zero attached hydrogens (tertiary/aromatic N) is 3. The molecule has 2 aromatic rings. The largest absolute Gasteiger partial charge is 0.368 e. The Labute approximate surface area is 205 Å². The smallest absolute Gasteiger partial charge is 0.224 e. The van der Waals surface area contributed by atoms with Crippen LogP contribution in [0.2, 0.25) is 0 Å². The maximum absolute atomic E-state index is 13.1. The molecule has 6 nitrogen and oxygen atoms in total. The van der Waals surface area contributed by atoms with E-state index in [1.165, 1.54) is 24.3 Å². The van der Waals surface area contributed by atoms with Gasteiger partial charge in [0.2, 0.25) is 5.91 Å². The second-order valence-electron chi connectivity index (χ2n) is 7.40. The van der Waals surface area contributed by atoms with Crippen molar-refractivity contribution in [2.45, 2.75) is 12.8 Å². The molecular formula is C23H30F2IN5O. The van der Waals surface area contributed by atoms with E-state index in [2.05, 4.69) is 20.5 Å². The van der Waals surface area contributed by atoms with Crippen LogP contribution in [0.1, 0.15) is 12.0 Å². The van der Waals surface area contributed by atoms with Crippen molar-refractivity contribution < 1.29 is 13.6 Å². The Bertz CT molecular complexity index is 869. The van der Waals surface area contributed by atoms with Crippen LogP contribution in [0.25, 0.3) is 0 Å². The molecule has 2 aromatic carbocycles. The van der Waals surface area contributed by atoms with Gasteiger partial charge < -0.3 is 20.4 Å². The highest BCUT2D eigenvalue weighted by atomic mass is 127. The van der Waals surface area contributed by atoms with E-state index in [1.807, 2.05) is 4.90 Å². The summed E-state index contributed by atoms with van der Waals surface area (Å²) in [7, 11) is 1.68. The molecule has 1 saturated heterocycles. The second-order valence-corrected chi connectivity index (χ2v) is 7.40. The highest BCUT2D eigenvalue weighted by molar-refractivity contribution is 14.0. The van der Waals surface area contributed by atoms with Gasteiger partial charge in [-0.1, -0.05) is 12.1 Å². The number of aliphatic imine (C=N–C) groups is 1. The monoisotopic (exact) mass is 557 g/mol. The van der Waals surface area contributed by atoms with Crippen LogP contribution in [0.15, 0.2) is 53.5 Å². The number of piperazine rings is 1. The molecule has 0 aromatic heterocycles. The first-order valence-electron chi connectivity index (χ1n) is 10.5. The van der Waals surface area contributed by atoms with Crippen LogP contribution < -0.4 is 15.5 Å². The Hall–Kier alpha value is -2.43. The van der Waals surface area contributed by atoms with Gasteiger partial charge in [-0.15, -0.1) is 24.0 Å². The number of benzene rings is 2. The Morgan fingerprint density at radius 3 is 2.06 bits per heavy atom. The van der Waals surface area contributed by atoms with Gasteiger partial charge in [0.15, 0.2) is 5.96 Å². The molecule has 174 valence electrons. The van der Waals surface area contributed by atoms with E-state index in [-0.39, 0.29) is 41.5 Å². The van der Waals surface area contributed by atoms with E-state index in [9.17, 15) is 13.6 Å². The molecule has 1 aliphatic heterocycles. The minimum atomic E-state index is -0.245. The molecular weight excluding hydrogens is 527 g/mol. The van der Waals surface area contributed by atoms with Crippen LogP contribution in [0.4, 0.5) is 14.5 Å². The van der Waals surface area contributed by atoms with Crippen molar-refractivity contribution in [1.29, 1.82) is 0 Å². The van der Waals surface area contributed by atoms with Crippen LogP contribution in [0, 0.1) is 11.6 Å². The van der Waals surface area contributed by atoms with Crippen molar-refractivity contribution in [3.8, 4) is 0 Å². The van der Waals surface area contributed by atoms with E-state index >= 15 is 0 Å². The maximum Gasteiger partial charge on any atom is 0.224 e. The number of carbonyl (C=O) groups excluding carboxylic acids is 1. The third kappa shape index (κ3) is 7.92. The number of anilines is 1. The number of hydrogen-bond donors (Lipinski definition) is 2. The normalized spacial score (nSPS) is 14.0. The van der Waals surface area contributed by atoms with Crippen LogP contribution >= 0.6 is 24.0 Å². The summed E-state index contributed by atoms with van der Waals surface area (Å²) in [5.41, 5.74) is 2.02. The fraction of sp³-hybridized carbons (Fsp3) is 0.391. The zero-order valence-corrected chi connectivity index (χ0v) is 20.5. The summed E-state index contributed by atoms with van der Waals surface area (Å²) >= 11 is 0. The predicted molar refractivity (Wildman–Crippen MR) is 135 cm³/mol. The fourth-order valence-corrected chi connectivity index (χ4v) is 3.51. The molecule has 0 saturated carbocycles. The number of guanidine groups is 1. The van der Waals surface area contributed by atoms with Gasteiger partial charge >= 0.3 is 0 Å². The molecule has 3 rings (SSSR count). The standard InChI is InChI=1S/C23H29F2N5O.HI/c1-26-23(27-12-10-18-2-4-19(24)5-3-18)28-13-11-22(31)30-16-14-29(15-17-30)21-8-6-20(25)7-9-21;/h2-9H,10-17H2,1H3,(H2,26,27,28);1H. The number of nitrogens with one attached hydrogen (secondary N) is 2. The lowest BCUT2D eigenvalue weighted by Gasteiger charge is -2.36. The molecule has 9 heteroatoms. The minimum absolute atomic E-state index is 0. The molecule has 0 radical (unpaired) electrons. The number of halogens is 3. The number of amides is 1. The average Bonchev–Trinajstić information content (AvgIpc) is 2.80. The molecule has 0 unspecified atom stereocenters. The van der Waals surface area contributed by atoms with Crippen molar-refractivity contribution in [2.24, 2.45) is 4.99 Å². The zero-order valence-electron chi connectivity index (χ0n) is 18.2. The molecule has 0 atom stereocenters. The quantitative estimate of drug-likeness (QED) is 0.313. The third-order valence-corrected chi connectivity index (χ3v) is 5.30. The summed E-state index contributed by atoms with van der Waals surface area (Å²) < 4.78 is 26.0. The van der Waals surface area contributed by atoms with Gasteiger partial charge in [0, 0.05) is 58.4 Å². The Morgan fingerprint density at radius 2 is 1.47 bits per heavy atom. The van der Waals surface area contributed by atoms with Crippen LogP contribution in [-0.4, -0.2) is 63.1 Å². The zero-order chi connectivity index (χ0) is 22.1. The van der Waals surface area contributed by atoms with E-state index in [1.54, 1.807) is 31.3 Å². The molecule has 1 heterocycles. The van der Waals surface area contributed by atoms with E-state index < -0.39 is 0 Å². The molecule has 1 amide bonds. The van der Waals surface area contributed by atoms with E-state index in [0.29, 0.717) is 38.6 Å². The molecule has 0 aliphatic carbocycles. The first-order valence-corrected chi connectivity index (χ1v) is 10.5. The van der Waals surface area contributed by atoms with Gasteiger partial charge in [-0.2, -0.15) is 0 Å². The Morgan fingerprint density at radius 1 is 0.906 bits per heavy atom. The van der Waals surface area contributed by atoms with Gasteiger partial charge in [0.25, 0.3) is 0 Å². The predicted octanol–water partition coefficient (Wildman–Crippen LogP) is 3.03. The van der Waals surface area contributed by atoms with Gasteiger partial charge in [-0.05, 0) is 48.4 Å². The number of hydrogen-bond acceptors (Lipinski definition) is 3. The van der Waals surface area contributed by atoms with E-state index in [0.717, 1.165) is 30.8 Å². The summed E-state index contributed by atoms with van der Waals surface area (Å²) in [6, 6.07) is 12.9. The molecule has 32 heavy (non-hydrogen) atoms. The fourth-order valence-electron chi connectivity index (χ4n) is 3.51.